The molecule has 1 unspecified atom stereocenters. The number of hydrogen-bond donors (Lipinski definition) is 0. The van der Waals surface area contributed by atoms with E-state index in [-0.39, 0.29) is 11.8 Å². The van der Waals surface area contributed by atoms with E-state index in [1.165, 1.54) is 5.56 Å². The summed E-state index contributed by atoms with van der Waals surface area (Å²) in [4.78, 5) is 4.53. The molecule has 27 heavy (non-hydrogen) atoms. The van der Waals surface area contributed by atoms with E-state index in [9.17, 15) is 0 Å². The Labute approximate surface area is 164 Å². The van der Waals surface area contributed by atoms with E-state index >= 15 is 0 Å². The Hall–Kier alpha value is -2.47. The molecular weight excluding hydrogens is 340 g/mol. The fourth-order valence-corrected chi connectivity index (χ4v) is 4.35. The minimum atomic E-state index is -2.59. The van der Waals surface area contributed by atoms with Crippen LogP contribution in [-0.4, -0.2) is 41.5 Å². The summed E-state index contributed by atoms with van der Waals surface area (Å²) in [5, 5.41) is 7.89. The Morgan fingerprint density at radius 1 is 1.26 bits per heavy atom. The maximum Gasteiger partial charge on any atom is 0.261 e. The lowest BCUT2D eigenvalue weighted by Crippen LogP contribution is -2.29. The van der Waals surface area contributed by atoms with Gasteiger partial charge in [-0.2, -0.15) is 0 Å². The fraction of sp³-hybridized carbons (Fsp3) is 0.476. The molecule has 4 rings (SSSR count). The summed E-state index contributed by atoms with van der Waals surface area (Å²) in [5.74, 6) is 0.989. The molecule has 0 saturated carbocycles. The second kappa shape index (κ2) is 8.05. The van der Waals surface area contributed by atoms with Crippen LogP contribution in [-0.2, 0) is 11.8 Å². The van der Waals surface area contributed by atoms with Crippen LogP contribution >= 0.6 is 0 Å². The molecule has 1 aromatic heterocycles. The van der Waals surface area contributed by atoms with Gasteiger partial charge in [0, 0.05) is 44.2 Å². The summed E-state index contributed by atoms with van der Waals surface area (Å²) in [6, 6.07) is 10.5. The summed E-state index contributed by atoms with van der Waals surface area (Å²) >= 11 is 0. The van der Waals surface area contributed by atoms with E-state index < -0.39 is 7.04 Å². The number of methoxy groups -OCH3 is 1. The number of aliphatic imine (C=N–C) groups is 1. The Balaban J connectivity index is 1.63. The Morgan fingerprint density at radius 2 is 2.07 bits per heavy atom. The number of nitrogens with zero attached hydrogens (tertiary/aromatic N) is 4. The largest absolute Gasteiger partial charge is 0.478 e. The van der Waals surface area contributed by atoms with Crippen molar-refractivity contribution in [3.05, 3.63) is 47.8 Å². The minimum Gasteiger partial charge on any atom is -0.478 e. The first-order valence-electron chi connectivity index (χ1n) is 10.9. The van der Waals surface area contributed by atoms with Gasteiger partial charge in [-0.3, -0.25) is 4.99 Å². The van der Waals surface area contributed by atoms with Crippen molar-refractivity contribution in [1.82, 2.24) is 15.0 Å². The van der Waals surface area contributed by atoms with Gasteiger partial charge in [-0.05, 0) is 36.7 Å². The van der Waals surface area contributed by atoms with E-state index in [1.54, 1.807) is 17.9 Å². The fourth-order valence-electron chi connectivity index (χ4n) is 4.35. The Kier molecular flexibility index (Phi) is 4.34. The number of ether oxygens (including phenoxy) is 2. The van der Waals surface area contributed by atoms with Crippen LogP contribution in [0.5, 0.6) is 5.88 Å². The predicted molar refractivity (Wildman–Crippen MR) is 105 cm³/mol. The minimum absolute atomic E-state index is 0.0157. The molecule has 0 aliphatic carbocycles. The molecule has 0 bridgehead atoms. The molecule has 1 saturated heterocycles. The highest BCUT2D eigenvalue weighted by Crippen LogP contribution is 2.42. The zero-order valence-electron chi connectivity index (χ0n) is 18.4. The molecular formula is C21H26N4O2. The van der Waals surface area contributed by atoms with Gasteiger partial charge >= 0.3 is 0 Å². The van der Waals surface area contributed by atoms with Crippen LogP contribution in [0, 0.1) is 11.8 Å². The van der Waals surface area contributed by atoms with Crippen molar-refractivity contribution in [3.8, 4) is 5.88 Å². The molecule has 0 N–H and O–H groups in total. The summed E-state index contributed by atoms with van der Waals surface area (Å²) in [5.41, 5.74) is 2.73. The molecule has 2 atom stereocenters. The van der Waals surface area contributed by atoms with Crippen molar-refractivity contribution in [1.29, 1.82) is 0 Å². The molecule has 0 radical (unpaired) electrons. The van der Waals surface area contributed by atoms with Gasteiger partial charge in [-0.25, -0.2) is 4.68 Å². The number of aromatic nitrogens is 3. The van der Waals surface area contributed by atoms with E-state index in [0.717, 1.165) is 31.6 Å². The average molecular weight is 369 g/mol. The first kappa shape index (κ1) is 14.6. The van der Waals surface area contributed by atoms with Crippen molar-refractivity contribution in [3.63, 3.8) is 0 Å². The normalized spacial score (nSPS) is 23.8. The zero-order valence-corrected chi connectivity index (χ0v) is 15.4. The van der Waals surface area contributed by atoms with Crippen molar-refractivity contribution >= 4 is 11.8 Å². The monoisotopic (exact) mass is 369 g/mol. The van der Waals surface area contributed by atoms with Gasteiger partial charge < -0.3 is 9.47 Å². The van der Waals surface area contributed by atoms with Crippen LogP contribution < -0.4 is 4.74 Å². The summed E-state index contributed by atoms with van der Waals surface area (Å²) in [6.07, 6.45) is 6.52. The predicted octanol–water partition coefficient (Wildman–Crippen LogP) is 3.47. The van der Waals surface area contributed by atoms with Crippen molar-refractivity contribution in [2.75, 3.05) is 20.3 Å². The SMILES string of the molecule is [2H]C([2H])([2H])Oc1nnn(C)c1C1=CN=CC([C@@H](c2ccccc2)C2CCOCC2)C1. The molecule has 0 spiro atoms. The molecule has 2 aliphatic rings. The second-order valence-corrected chi connectivity index (χ2v) is 7.18. The maximum absolute atomic E-state index is 7.42. The number of hydrogen-bond acceptors (Lipinski definition) is 5. The maximum atomic E-state index is 7.42. The number of rotatable bonds is 5. The Bertz CT molecular complexity index is 918. The lowest BCUT2D eigenvalue weighted by molar-refractivity contribution is 0.0541. The quantitative estimate of drug-likeness (QED) is 0.810. The van der Waals surface area contributed by atoms with Gasteiger partial charge in [0.05, 0.1) is 11.2 Å². The highest BCUT2D eigenvalue weighted by atomic mass is 16.5. The van der Waals surface area contributed by atoms with Gasteiger partial charge in [-0.1, -0.05) is 40.6 Å². The first-order valence-corrected chi connectivity index (χ1v) is 9.36. The van der Waals surface area contributed by atoms with Gasteiger partial charge in [0.1, 0.15) is 5.69 Å². The van der Waals surface area contributed by atoms with Crippen LogP contribution in [0.1, 0.15) is 40.6 Å². The van der Waals surface area contributed by atoms with Gasteiger partial charge in [-0.15, -0.1) is 0 Å². The van der Waals surface area contributed by atoms with E-state index in [4.69, 9.17) is 13.6 Å². The summed E-state index contributed by atoms with van der Waals surface area (Å²) < 4.78 is 34.5. The zero-order chi connectivity index (χ0) is 21.1. The van der Waals surface area contributed by atoms with Gasteiger partial charge in [0.2, 0.25) is 0 Å². The van der Waals surface area contributed by atoms with E-state index in [2.05, 4.69) is 39.6 Å². The van der Waals surface area contributed by atoms with E-state index in [1.807, 2.05) is 12.3 Å². The molecule has 2 aromatic rings. The Morgan fingerprint density at radius 3 is 2.85 bits per heavy atom. The molecule has 6 heteroatoms. The van der Waals surface area contributed by atoms with Crippen molar-refractivity contribution in [2.45, 2.75) is 25.2 Å². The van der Waals surface area contributed by atoms with E-state index in [0.29, 0.717) is 24.0 Å². The van der Waals surface area contributed by atoms with Gasteiger partial charge in [0.25, 0.3) is 5.88 Å². The topological polar surface area (TPSA) is 61.5 Å². The third kappa shape index (κ3) is 3.67. The van der Waals surface area contributed by atoms with Crippen LogP contribution in [0.15, 0.2) is 41.5 Å². The molecule has 1 aromatic carbocycles. The van der Waals surface area contributed by atoms with Crippen LogP contribution in [0.4, 0.5) is 0 Å². The lowest BCUT2D eigenvalue weighted by Gasteiger charge is -2.36. The van der Waals surface area contributed by atoms with Crippen molar-refractivity contribution < 1.29 is 13.6 Å². The van der Waals surface area contributed by atoms with Crippen LogP contribution in [0.25, 0.3) is 5.57 Å². The summed E-state index contributed by atoms with van der Waals surface area (Å²) in [6.45, 7) is 1.56. The third-order valence-electron chi connectivity index (χ3n) is 5.58. The number of aryl methyl sites for hydroxylation is 1. The summed E-state index contributed by atoms with van der Waals surface area (Å²) in [7, 11) is -0.854. The first-order chi connectivity index (χ1) is 14.4. The van der Waals surface area contributed by atoms with Crippen molar-refractivity contribution in [2.24, 2.45) is 23.9 Å². The second-order valence-electron chi connectivity index (χ2n) is 7.18. The third-order valence-corrected chi connectivity index (χ3v) is 5.58. The average Bonchev–Trinajstić information content (AvgIpc) is 3.08. The molecule has 142 valence electrons. The lowest BCUT2D eigenvalue weighted by atomic mass is 9.71. The van der Waals surface area contributed by atoms with Crippen LogP contribution in [0.2, 0.25) is 0 Å². The van der Waals surface area contributed by atoms with Gasteiger partial charge in [0.15, 0.2) is 0 Å². The molecule has 0 amide bonds. The number of allylic oxidation sites excluding steroid dienone is 1. The van der Waals surface area contributed by atoms with Crippen LogP contribution in [0.3, 0.4) is 0 Å². The highest BCUT2D eigenvalue weighted by Gasteiger charge is 2.34. The molecule has 6 nitrogen and oxygen atoms in total. The highest BCUT2D eigenvalue weighted by molar-refractivity contribution is 5.76. The molecule has 2 aliphatic heterocycles. The molecule has 3 heterocycles. The smallest absolute Gasteiger partial charge is 0.261 e. The standard InChI is InChI=1S/C21H26N4O2/c1-25-20(21(26-2)23-24-25)18-12-17(13-22-14-18)19(15-6-4-3-5-7-15)16-8-10-27-11-9-16/h3-7,13-14,16-17,19H,8-12H2,1-2H3/t17?,19-/m0/s1/i2D3. The molecule has 1 fully saturated rings. The number of benzene rings is 1.